The first-order chi connectivity index (χ1) is 12.3. The molecular weight excluding hydrogens is 358 g/mol. The molecule has 26 heavy (non-hydrogen) atoms. The standard InChI is InChI=1S/C17H19N3O5S/c1-26(23,24)19-13-3-5-15(6-4-13)25-16-7-2-12(9-18-16)10-20-11-14(21)8-17(20)22/h2-7,9,14,19,21H,8,10-11H2,1H3/t14-/m0/s1. The Morgan fingerprint density at radius 1 is 1.27 bits per heavy atom. The number of aliphatic hydroxyl groups excluding tert-OH is 1. The van der Waals surface area contributed by atoms with Crippen molar-refractivity contribution in [3.8, 4) is 11.6 Å². The Kier molecular flexibility index (Phi) is 5.10. The summed E-state index contributed by atoms with van der Waals surface area (Å²) in [4.78, 5) is 17.5. The molecule has 0 bridgehead atoms. The maximum Gasteiger partial charge on any atom is 0.229 e. The molecule has 1 aromatic heterocycles. The average Bonchev–Trinajstić information content (AvgIpc) is 2.87. The van der Waals surface area contributed by atoms with E-state index >= 15 is 0 Å². The average molecular weight is 377 g/mol. The third-order valence-corrected chi connectivity index (χ3v) is 4.35. The molecular formula is C17H19N3O5S. The Bertz CT molecular complexity index is 882. The highest BCUT2D eigenvalue weighted by Crippen LogP contribution is 2.22. The number of amides is 1. The number of sulfonamides is 1. The number of benzene rings is 1. The number of ether oxygens (including phenoxy) is 1. The lowest BCUT2D eigenvalue weighted by atomic mass is 10.2. The molecule has 1 aromatic carbocycles. The molecule has 8 nitrogen and oxygen atoms in total. The van der Waals surface area contributed by atoms with Gasteiger partial charge < -0.3 is 14.7 Å². The van der Waals surface area contributed by atoms with E-state index in [0.717, 1.165) is 11.8 Å². The number of carbonyl (C=O) groups is 1. The quantitative estimate of drug-likeness (QED) is 0.786. The van der Waals surface area contributed by atoms with Crippen LogP contribution in [0.3, 0.4) is 0 Å². The second-order valence-corrected chi connectivity index (χ2v) is 7.89. The molecule has 2 N–H and O–H groups in total. The van der Waals surface area contributed by atoms with Crippen LogP contribution in [0.2, 0.25) is 0 Å². The maximum absolute atomic E-state index is 11.7. The van der Waals surface area contributed by atoms with Gasteiger partial charge in [0.15, 0.2) is 0 Å². The van der Waals surface area contributed by atoms with Crippen LogP contribution in [0.4, 0.5) is 5.69 Å². The third-order valence-electron chi connectivity index (χ3n) is 3.75. The zero-order valence-corrected chi connectivity index (χ0v) is 14.9. The van der Waals surface area contributed by atoms with E-state index in [1.54, 1.807) is 47.5 Å². The smallest absolute Gasteiger partial charge is 0.229 e. The van der Waals surface area contributed by atoms with Crippen LogP contribution in [-0.2, 0) is 21.4 Å². The summed E-state index contributed by atoms with van der Waals surface area (Å²) >= 11 is 0. The zero-order valence-electron chi connectivity index (χ0n) is 14.1. The van der Waals surface area contributed by atoms with Gasteiger partial charge in [-0.05, 0) is 29.8 Å². The van der Waals surface area contributed by atoms with Gasteiger partial charge in [0, 0.05) is 31.0 Å². The van der Waals surface area contributed by atoms with Gasteiger partial charge in [0.2, 0.25) is 21.8 Å². The van der Waals surface area contributed by atoms with E-state index in [9.17, 15) is 18.3 Å². The highest BCUT2D eigenvalue weighted by atomic mass is 32.2. The monoisotopic (exact) mass is 377 g/mol. The van der Waals surface area contributed by atoms with E-state index in [-0.39, 0.29) is 12.3 Å². The molecule has 0 unspecified atom stereocenters. The van der Waals surface area contributed by atoms with Crippen LogP contribution in [-0.4, -0.2) is 48.2 Å². The minimum Gasteiger partial charge on any atom is -0.439 e. The molecule has 1 atom stereocenters. The largest absolute Gasteiger partial charge is 0.439 e. The Balaban J connectivity index is 1.60. The van der Waals surface area contributed by atoms with Gasteiger partial charge in [-0.3, -0.25) is 9.52 Å². The number of nitrogens with zero attached hydrogens (tertiary/aromatic N) is 2. The molecule has 1 amide bonds. The molecule has 0 spiro atoms. The third kappa shape index (κ3) is 4.93. The Labute approximate surface area is 151 Å². The molecule has 2 aromatic rings. The normalized spacial score (nSPS) is 17.4. The molecule has 1 aliphatic rings. The lowest BCUT2D eigenvalue weighted by molar-refractivity contribution is -0.128. The number of pyridine rings is 1. The van der Waals surface area contributed by atoms with E-state index in [0.29, 0.717) is 30.4 Å². The first-order valence-corrected chi connectivity index (χ1v) is 9.84. The lowest BCUT2D eigenvalue weighted by Gasteiger charge is -2.15. The first kappa shape index (κ1) is 18.2. The van der Waals surface area contributed by atoms with Crippen molar-refractivity contribution in [2.24, 2.45) is 0 Å². The number of aromatic nitrogens is 1. The summed E-state index contributed by atoms with van der Waals surface area (Å²) in [7, 11) is -3.32. The van der Waals surface area contributed by atoms with Crippen molar-refractivity contribution in [2.75, 3.05) is 17.5 Å². The molecule has 3 rings (SSSR count). The second kappa shape index (κ2) is 7.30. The fourth-order valence-electron chi connectivity index (χ4n) is 2.62. The predicted molar refractivity (Wildman–Crippen MR) is 95.3 cm³/mol. The molecule has 1 aliphatic heterocycles. The summed E-state index contributed by atoms with van der Waals surface area (Å²) in [6.45, 7) is 0.736. The van der Waals surface area contributed by atoms with Gasteiger partial charge in [-0.15, -0.1) is 0 Å². The number of rotatable bonds is 6. The molecule has 2 heterocycles. The van der Waals surface area contributed by atoms with E-state index in [1.165, 1.54) is 0 Å². The van der Waals surface area contributed by atoms with Crippen LogP contribution in [0.15, 0.2) is 42.6 Å². The summed E-state index contributed by atoms with van der Waals surface area (Å²) in [5, 5.41) is 9.50. The molecule has 1 fully saturated rings. The molecule has 0 aliphatic carbocycles. The van der Waals surface area contributed by atoms with Crippen molar-refractivity contribution in [3.63, 3.8) is 0 Å². The highest BCUT2D eigenvalue weighted by Gasteiger charge is 2.27. The number of β-amino-alcohol motifs (C(OH)–C–C–N with tert-alkyl or cyclic N) is 1. The highest BCUT2D eigenvalue weighted by molar-refractivity contribution is 7.92. The van der Waals surface area contributed by atoms with Gasteiger partial charge in [-0.2, -0.15) is 0 Å². The number of hydrogen-bond acceptors (Lipinski definition) is 6. The number of carbonyl (C=O) groups excluding carboxylic acids is 1. The van der Waals surface area contributed by atoms with Gasteiger partial charge in [-0.25, -0.2) is 13.4 Å². The summed E-state index contributed by atoms with van der Waals surface area (Å²) in [6, 6.07) is 9.94. The molecule has 138 valence electrons. The number of hydrogen-bond donors (Lipinski definition) is 2. The second-order valence-electron chi connectivity index (χ2n) is 6.14. The summed E-state index contributed by atoms with van der Waals surface area (Å²) in [6.07, 6.45) is 2.27. The van der Waals surface area contributed by atoms with Crippen molar-refractivity contribution in [1.82, 2.24) is 9.88 Å². The van der Waals surface area contributed by atoms with Crippen molar-refractivity contribution in [1.29, 1.82) is 0 Å². The Morgan fingerprint density at radius 3 is 2.54 bits per heavy atom. The van der Waals surface area contributed by atoms with E-state index < -0.39 is 16.1 Å². The maximum atomic E-state index is 11.7. The van der Waals surface area contributed by atoms with Crippen molar-refractivity contribution < 1.29 is 23.1 Å². The fourth-order valence-corrected chi connectivity index (χ4v) is 3.18. The number of likely N-dealkylation sites (tertiary alicyclic amines) is 1. The first-order valence-electron chi connectivity index (χ1n) is 7.95. The van der Waals surface area contributed by atoms with Crippen LogP contribution in [0.25, 0.3) is 0 Å². The minimum atomic E-state index is -3.32. The van der Waals surface area contributed by atoms with Crippen molar-refractivity contribution >= 4 is 21.6 Å². The Hall–Kier alpha value is -2.65. The van der Waals surface area contributed by atoms with Crippen LogP contribution in [0.1, 0.15) is 12.0 Å². The van der Waals surface area contributed by atoms with Gasteiger partial charge in [0.1, 0.15) is 5.75 Å². The van der Waals surface area contributed by atoms with E-state index in [4.69, 9.17) is 4.74 Å². The van der Waals surface area contributed by atoms with Gasteiger partial charge in [0.25, 0.3) is 0 Å². The Morgan fingerprint density at radius 2 is 2.00 bits per heavy atom. The SMILES string of the molecule is CS(=O)(=O)Nc1ccc(Oc2ccc(CN3C[C@@H](O)CC3=O)cn2)cc1. The molecule has 1 saturated heterocycles. The lowest BCUT2D eigenvalue weighted by Crippen LogP contribution is -2.25. The topological polar surface area (TPSA) is 109 Å². The van der Waals surface area contributed by atoms with E-state index in [2.05, 4.69) is 9.71 Å². The van der Waals surface area contributed by atoms with Gasteiger partial charge in [-0.1, -0.05) is 6.07 Å². The van der Waals surface area contributed by atoms with E-state index in [1.807, 2.05) is 0 Å². The van der Waals surface area contributed by atoms with Gasteiger partial charge >= 0.3 is 0 Å². The molecule has 0 radical (unpaired) electrons. The molecule has 9 heteroatoms. The molecule has 0 saturated carbocycles. The van der Waals surface area contributed by atoms with Crippen LogP contribution < -0.4 is 9.46 Å². The van der Waals surface area contributed by atoms with Gasteiger partial charge in [0.05, 0.1) is 18.8 Å². The fraction of sp³-hybridized carbons (Fsp3) is 0.294. The van der Waals surface area contributed by atoms with Crippen molar-refractivity contribution in [2.45, 2.75) is 19.1 Å². The summed E-state index contributed by atoms with van der Waals surface area (Å²) < 4.78 is 30.3. The number of anilines is 1. The minimum absolute atomic E-state index is 0.0689. The van der Waals surface area contributed by atoms with Crippen molar-refractivity contribution in [3.05, 3.63) is 48.2 Å². The number of aliphatic hydroxyl groups is 1. The van der Waals surface area contributed by atoms with Crippen LogP contribution in [0.5, 0.6) is 11.6 Å². The predicted octanol–water partition coefficient (Wildman–Crippen LogP) is 1.34. The summed E-state index contributed by atoms with van der Waals surface area (Å²) in [5.74, 6) is 0.827. The summed E-state index contributed by atoms with van der Waals surface area (Å²) in [5.41, 5.74) is 1.29. The van der Waals surface area contributed by atoms with Crippen LogP contribution >= 0.6 is 0 Å². The zero-order chi connectivity index (χ0) is 18.7. The number of nitrogens with one attached hydrogen (secondary N) is 1. The van der Waals surface area contributed by atoms with Crippen LogP contribution in [0, 0.1) is 0 Å².